The molecule has 11 heteroatoms. The van der Waals surface area contributed by atoms with Crippen molar-refractivity contribution in [1.82, 2.24) is 15.8 Å². The third-order valence-electron chi connectivity index (χ3n) is 4.24. The molecule has 1 aromatic heterocycles. The van der Waals surface area contributed by atoms with Gasteiger partial charge in [0.2, 0.25) is 10.0 Å². The van der Waals surface area contributed by atoms with Crippen molar-refractivity contribution >= 4 is 21.8 Å². The molecule has 30 heavy (non-hydrogen) atoms. The lowest BCUT2D eigenvalue weighted by Crippen LogP contribution is -2.23. The molecule has 1 aliphatic heterocycles. The highest BCUT2D eigenvalue weighted by atomic mass is 32.2. The summed E-state index contributed by atoms with van der Waals surface area (Å²) in [7, 11) is -2.11. The van der Waals surface area contributed by atoms with Crippen molar-refractivity contribution in [2.45, 2.75) is 4.90 Å². The summed E-state index contributed by atoms with van der Waals surface area (Å²) >= 11 is 0. The summed E-state index contributed by atoms with van der Waals surface area (Å²) in [6, 6.07) is 7.46. The molecule has 2 heterocycles. The molecule has 0 saturated carbocycles. The smallest absolute Gasteiger partial charge is 0.238 e. The lowest BCUT2D eigenvalue weighted by Gasteiger charge is -2.17. The number of ether oxygens (including phenoxy) is 1. The van der Waals surface area contributed by atoms with Crippen molar-refractivity contribution in [1.29, 1.82) is 5.41 Å². The molecule has 5 N–H and O–H groups in total. The number of allylic oxidation sites excluding steroid dienone is 3. The van der Waals surface area contributed by atoms with Crippen LogP contribution in [0.4, 0.5) is 4.39 Å². The van der Waals surface area contributed by atoms with E-state index in [0.717, 1.165) is 6.21 Å². The average Bonchev–Trinajstić information content (AvgIpc) is 3.21. The van der Waals surface area contributed by atoms with E-state index >= 15 is 0 Å². The Kier molecular flexibility index (Phi) is 6.33. The molecule has 0 aliphatic carbocycles. The van der Waals surface area contributed by atoms with Crippen LogP contribution in [0.3, 0.4) is 0 Å². The van der Waals surface area contributed by atoms with Gasteiger partial charge in [-0.1, -0.05) is 5.16 Å². The number of sulfonamides is 1. The first-order valence-corrected chi connectivity index (χ1v) is 10.3. The number of dihydropyridines is 1. The Hall–Kier alpha value is -3.44. The third-order valence-corrected chi connectivity index (χ3v) is 5.17. The van der Waals surface area contributed by atoms with Gasteiger partial charge in [0, 0.05) is 36.5 Å². The number of nitrogens with zero attached hydrogens (tertiary/aromatic N) is 1. The molecular weight excluding hydrogens is 413 g/mol. The summed E-state index contributed by atoms with van der Waals surface area (Å²) in [6.07, 6.45) is 3.91. The summed E-state index contributed by atoms with van der Waals surface area (Å²) < 4.78 is 46.8. The molecule has 9 nitrogen and oxygen atoms in total. The zero-order valence-corrected chi connectivity index (χ0v) is 16.8. The van der Waals surface area contributed by atoms with Gasteiger partial charge in [-0.15, -0.1) is 0 Å². The fourth-order valence-corrected chi connectivity index (χ4v) is 3.17. The number of hydrogen-bond donors (Lipinski definition) is 4. The van der Waals surface area contributed by atoms with Crippen LogP contribution in [0.5, 0.6) is 0 Å². The lowest BCUT2D eigenvalue weighted by atomic mass is 10.1. The van der Waals surface area contributed by atoms with E-state index in [2.05, 4.69) is 15.8 Å². The van der Waals surface area contributed by atoms with Gasteiger partial charge in [0.15, 0.2) is 11.6 Å². The fourth-order valence-electron chi connectivity index (χ4n) is 2.65. The molecule has 0 spiro atoms. The first-order valence-electron chi connectivity index (χ1n) is 8.76. The quantitative estimate of drug-likeness (QED) is 0.465. The topological polar surface area (TPSA) is 143 Å². The van der Waals surface area contributed by atoms with Crippen LogP contribution < -0.4 is 15.8 Å². The molecule has 0 saturated heterocycles. The monoisotopic (exact) mass is 433 g/mol. The molecule has 0 atom stereocenters. The molecule has 3 rings (SSSR count). The maximum absolute atomic E-state index is 13.0. The van der Waals surface area contributed by atoms with E-state index in [9.17, 15) is 12.8 Å². The third kappa shape index (κ3) is 4.93. The van der Waals surface area contributed by atoms with Gasteiger partial charge in [0.1, 0.15) is 18.1 Å². The van der Waals surface area contributed by atoms with E-state index in [4.69, 9.17) is 19.8 Å². The molecular formula is C19H20FN5O4S. The summed E-state index contributed by atoms with van der Waals surface area (Å²) in [6.45, 7) is 0.138. The number of primary sulfonamides is 1. The van der Waals surface area contributed by atoms with Crippen LogP contribution in [0.25, 0.3) is 16.9 Å². The molecule has 1 aromatic carbocycles. The Morgan fingerprint density at radius 3 is 2.70 bits per heavy atom. The van der Waals surface area contributed by atoms with Crippen LogP contribution in [-0.4, -0.2) is 40.0 Å². The normalized spacial score (nSPS) is 14.8. The largest absolute Gasteiger partial charge is 0.473 e. The summed E-state index contributed by atoms with van der Waals surface area (Å²) in [4.78, 5) is -0.0129. The highest BCUT2D eigenvalue weighted by Crippen LogP contribution is 2.25. The molecule has 0 unspecified atom stereocenters. The molecule has 2 aromatic rings. The predicted molar refractivity (Wildman–Crippen MR) is 109 cm³/mol. The average molecular weight is 433 g/mol. The summed E-state index contributed by atoms with van der Waals surface area (Å²) in [5.41, 5.74) is 1.98. The fraction of sp³-hybridized carbons (Fsp3) is 0.158. The molecule has 0 amide bonds. The van der Waals surface area contributed by atoms with Gasteiger partial charge in [-0.2, -0.15) is 0 Å². The van der Waals surface area contributed by atoms with E-state index < -0.39 is 10.0 Å². The van der Waals surface area contributed by atoms with Crippen LogP contribution in [0, 0.1) is 5.41 Å². The van der Waals surface area contributed by atoms with E-state index in [-0.39, 0.29) is 23.9 Å². The number of halogens is 1. The second-order valence-electron chi connectivity index (χ2n) is 6.22. The second kappa shape index (κ2) is 8.93. The van der Waals surface area contributed by atoms with Crippen LogP contribution >= 0.6 is 0 Å². The molecule has 0 radical (unpaired) electrons. The van der Waals surface area contributed by atoms with Crippen molar-refractivity contribution < 1.29 is 22.1 Å². The van der Waals surface area contributed by atoms with E-state index in [1.165, 1.54) is 24.3 Å². The highest BCUT2D eigenvalue weighted by molar-refractivity contribution is 7.89. The maximum atomic E-state index is 13.0. The number of rotatable bonds is 8. The number of nitrogens with two attached hydrogens (primary N) is 1. The predicted octanol–water partition coefficient (Wildman–Crippen LogP) is 1.88. The molecule has 1 aliphatic rings. The van der Waals surface area contributed by atoms with Crippen LogP contribution in [0.2, 0.25) is 0 Å². The zero-order chi connectivity index (χ0) is 21.7. The Labute approximate surface area is 172 Å². The van der Waals surface area contributed by atoms with Crippen LogP contribution in [0.1, 0.15) is 5.69 Å². The number of likely N-dealkylation sites (N-methyl/N-ethyl adjacent to an activating group) is 1. The molecule has 0 fully saturated rings. The minimum atomic E-state index is -3.79. The standard InChI is InChI=1S/C19H20FN5O4S/c1-23-17(11-28-19-7-4-13(20)10-24-19)15(9-21)16-8-18(29-25-16)12-2-5-14(6-3-12)30(22,26)27/h2-9,21,23-24H,10-11H2,1H3,(H2,22,26,27)/b17-15+,21-9?. The van der Waals surface area contributed by atoms with Crippen molar-refractivity contribution in [3.05, 3.63) is 65.6 Å². The molecule has 0 bridgehead atoms. The van der Waals surface area contributed by atoms with Gasteiger partial charge in [-0.25, -0.2) is 17.9 Å². The van der Waals surface area contributed by atoms with Gasteiger partial charge < -0.3 is 25.3 Å². The first kappa shape index (κ1) is 21.3. The lowest BCUT2D eigenvalue weighted by molar-refractivity contribution is 0.210. The molecule has 158 valence electrons. The van der Waals surface area contributed by atoms with Crippen molar-refractivity contribution in [2.75, 3.05) is 20.2 Å². The SMILES string of the molecule is CN/C(COC1=CC=C(F)CN1)=C(\C=N)c1cc(-c2ccc(S(N)(=O)=O)cc2)on1. The number of hydrogen-bond acceptors (Lipinski definition) is 8. The first-order chi connectivity index (χ1) is 14.3. The van der Waals surface area contributed by atoms with Crippen molar-refractivity contribution in [3.63, 3.8) is 0 Å². The van der Waals surface area contributed by atoms with Gasteiger partial charge >= 0.3 is 0 Å². The Balaban J connectivity index is 1.82. The number of nitrogens with one attached hydrogen (secondary N) is 3. The van der Waals surface area contributed by atoms with Gasteiger partial charge in [0.05, 0.1) is 17.1 Å². The minimum Gasteiger partial charge on any atom is -0.473 e. The van der Waals surface area contributed by atoms with Gasteiger partial charge in [-0.3, -0.25) is 0 Å². The summed E-state index contributed by atoms with van der Waals surface area (Å²) in [5.74, 6) is 0.502. The van der Waals surface area contributed by atoms with Crippen molar-refractivity contribution in [2.24, 2.45) is 5.14 Å². The van der Waals surface area contributed by atoms with E-state index in [0.29, 0.717) is 34.2 Å². The van der Waals surface area contributed by atoms with Crippen LogP contribution in [-0.2, 0) is 14.8 Å². The van der Waals surface area contributed by atoms with Crippen molar-refractivity contribution in [3.8, 4) is 11.3 Å². The zero-order valence-electron chi connectivity index (χ0n) is 16.0. The Morgan fingerprint density at radius 2 is 2.13 bits per heavy atom. The van der Waals surface area contributed by atoms with Gasteiger partial charge in [-0.05, 0) is 30.3 Å². The highest BCUT2D eigenvalue weighted by Gasteiger charge is 2.16. The Morgan fingerprint density at radius 1 is 1.40 bits per heavy atom. The van der Waals surface area contributed by atoms with E-state index in [1.807, 2.05) is 0 Å². The maximum Gasteiger partial charge on any atom is 0.238 e. The van der Waals surface area contributed by atoms with Gasteiger partial charge in [0.25, 0.3) is 0 Å². The Bertz CT molecular complexity index is 1130. The number of aromatic nitrogens is 1. The van der Waals surface area contributed by atoms with Crippen LogP contribution in [0.15, 0.2) is 69.3 Å². The summed E-state index contributed by atoms with van der Waals surface area (Å²) in [5, 5.41) is 22.6. The van der Waals surface area contributed by atoms with E-state index in [1.54, 1.807) is 25.2 Å². The second-order valence-corrected chi connectivity index (χ2v) is 7.78. The number of benzene rings is 1. The minimum absolute atomic E-state index is 0.0129.